The van der Waals surface area contributed by atoms with E-state index >= 15 is 0 Å². The molecule has 0 bridgehead atoms. The van der Waals surface area contributed by atoms with Crippen LogP contribution in [0.2, 0.25) is 5.02 Å². The van der Waals surface area contributed by atoms with Gasteiger partial charge in [0.05, 0.1) is 0 Å². The normalized spacial score (nSPS) is 22.6. The monoisotopic (exact) mass is 238 g/mol. The molecule has 1 heterocycles. The number of hydrogen-bond acceptors (Lipinski definition) is 2. The molecule has 0 radical (unpaired) electrons. The summed E-state index contributed by atoms with van der Waals surface area (Å²) < 4.78 is 0. The van der Waals surface area contributed by atoms with Gasteiger partial charge in [-0.15, -0.1) is 0 Å². The lowest BCUT2D eigenvalue weighted by molar-refractivity contribution is 0.468. The zero-order valence-corrected chi connectivity index (χ0v) is 10.5. The van der Waals surface area contributed by atoms with Crippen LogP contribution >= 0.6 is 11.6 Å². The number of benzene rings is 1. The molecule has 0 aromatic heterocycles. The molecule has 1 atom stereocenters. The third-order valence-corrected chi connectivity index (χ3v) is 3.25. The molecule has 1 aliphatic rings. The molecule has 0 spiro atoms. The molecule has 1 aromatic rings. The summed E-state index contributed by atoms with van der Waals surface area (Å²) in [7, 11) is 0. The molecule has 2 nitrogen and oxygen atoms in total. The molecule has 1 aliphatic heterocycles. The Labute approximate surface area is 103 Å². The summed E-state index contributed by atoms with van der Waals surface area (Å²) in [6, 6.07) is 8.17. The largest absolute Gasteiger partial charge is 0.371 e. The average molecular weight is 239 g/mol. The molecule has 1 saturated heterocycles. The second-order valence-corrected chi connectivity index (χ2v) is 5.02. The van der Waals surface area contributed by atoms with Gasteiger partial charge in [-0.1, -0.05) is 18.5 Å². The van der Waals surface area contributed by atoms with Crippen LogP contribution in [0.4, 0.5) is 5.69 Å². The Morgan fingerprint density at radius 1 is 1.31 bits per heavy atom. The van der Waals surface area contributed by atoms with Gasteiger partial charge in [0, 0.05) is 23.8 Å². The van der Waals surface area contributed by atoms with E-state index in [9.17, 15) is 0 Å². The van der Waals surface area contributed by atoms with Crippen LogP contribution in [0.15, 0.2) is 24.3 Å². The van der Waals surface area contributed by atoms with Crippen molar-refractivity contribution >= 4 is 17.3 Å². The predicted octanol–water partition coefficient (Wildman–Crippen LogP) is 2.78. The second kappa shape index (κ2) is 5.55. The summed E-state index contributed by atoms with van der Waals surface area (Å²) in [5, 5.41) is 4.28. The standard InChI is InChI=1S/C13H19ClN2/c1-11-9-15-7-2-8-16(10-11)13-5-3-12(14)4-6-13/h3-6,11,15H,2,7-10H2,1H3. The molecule has 1 fully saturated rings. The van der Waals surface area contributed by atoms with Gasteiger partial charge < -0.3 is 10.2 Å². The second-order valence-electron chi connectivity index (χ2n) is 4.59. The molecule has 2 rings (SSSR count). The van der Waals surface area contributed by atoms with E-state index in [1.165, 1.54) is 12.1 Å². The Morgan fingerprint density at radius 3 is 2.81 bits per heavy atom. The summed E-state index contributed by atoms with van der Waals surface area (Å²) in [6.45, 7) is 6.77. The van der Waals surface area contributed by atoms with Crippen LogP contribution in [-0.4, -0.2) is 26.2 Å². The topological polar surface area (TPSA) is 15.3 Å². The number of nitrogens with zero attached hydrogens (tertiary/aromatic N) is 1. The zero-order valence-electron chi connectivity index (χ0n) is 9.75. The molecule has 1 aromatic carbocycles. The smallest absolute Gasteiger partial charge is 0.0407 e. The minimum absolute atomic E-state index is 0.691. The van der Waals surface area contributed by atoms with Crippen molar-refractivity contribution in [3.8, 4) is 0 Å². The van der Waals surface area contributed by atoms with Gasteiger partial charge in [-0.25, -0.2) is 0 Å². The number of hydrogen-bond donors (Lipinski definition) is 1. The van der Waals surface area contributed by atoms with Crippen molar-refractivity contribution in [1.29, 1.82) is 0 Å². The van der Waals surface area contributed by atoms with Crippen LogP contribution in [0.25, 0.3) is 0 Å². The molecular weight excluding hydrogens is 220 g/mol. The van der Waals surface area contributed by atoms with Gasteiger partial charge in [0.1, 0.15) is 0 Å². The van der Waals surface area contributed by atoms with E-state index in [1.807, 2.05) is 12.1 Å². The van der Waals surface area contributed by atoms with Crippen molar-refractivity contribution < 1.29 is 0 Å². The average Bonchev–Trinajstić information content (AvgIpc) is 2.24. The maximum Gasteiger partial charge on any atom is 0.0407 e. The highest BCUT2D eigenvalue weighted by atomic mass is 35.5. The maximum absolute atomic E-state index is 5.91. The van der Waals surface area contributed by atoms with E-state index in [-0.39, 0.29) is 0 Å². The quantitative estimate of drug-likeness (QED) is 0.810. The van der Waals surface area contributed by atoms with Crippen LogP contribution < -0.4 is 10.2 Å². The van der Waals surface area contributed by atoms with Crippen molar-refractivity contribution in [2.24, 2.45) is 5.92 Å². The first-order valence-corrected chi connectivity index (χ1v) is 6.35. The number of halogens is 1. The van der Waals surface area contributed by atoms with Gasteiger partial charge in [0.25, 0.3) is 0 Å². The summed E-state index contributed by atoms with van der Waals surface area (Å²) in [6.07, 6.45) is 1.20. The number of rotatable bonds is 1. The lowest BCUT2D eigenvalue weighted by Crippen LogP contribution is -2.38. The molecule has 0 aliphatic carbocycles. The first-order valence-electron chi connectivity index (χ1n) is 5.97. The molecule has 1 N–H and O–H groups in total. The van der Waals surface area contributed by atoms with E-state index in [1.54, 1.807) is 0 Å². The van der Waals surface area contributed by atoms with Crippen molar-refractivity contribution in [2.75, 3.05) is 31.1 Å². The minimum atomic E-state index is 0.691. The Bertz CT molecular complexity index is 323. The summed E-state index contributed by atoms with van der Waals surface area (Å²) in [5.74, 6) is 0.691. The molecule has 3 heteroatoms. The van der Waals surface area contributed by atoms with Gasteiger partial charge in [-0.2, -0.15) is 0 Å². The van der Waals surface area contributed by atoms with Gasteiger partial charge in [-0.3, -0.25) is 0 Å². The minimum Gasteiger partial charge on any atom is -0.371 e. The summed E-state index contributed by atoms with van der Waals surface area (Å²) >= 11 is 5.91. The van der Waals surface area contributed by atoms with Gasteiger partial charge in [0.2, 0.25) is 0 Å². The lowest BCUT2D eigenvalue weighted by atomic mass is 10.1. The van der Waals surface area contributed by atoms with Crippen molar-refractivity contribution in [3.63, 3.8) is 0 Å². The maximum atomic E-state index is 5.91. The Hall–Kier alpha value is -0.730. The molecule has 1 unspecified atom stereocenters. The Kier molecular flexibility index (Phi) is 4.08. The van der Waals surface area contributed by atoms with E-state index < -0.39 is 0 Å². The van der Waals surface area contributed by atoms with Crippen LogP contribution in [0.5, 0.6) is 0 Å². The third-order valence-electron chi connectivity index (χ3n) is 3.00. The van der Waals surface area contributed by atoms with Crippen LogP contribution in [0.3, 0.4) is 0 Å². The van der Waals surface area contributed by atoms with Crippen LogP contribution in [0, 0.1) is 5.92 Å². The van der Waals surface area contributed by atoms with Crippen molar-refractivity contribution in [2.45, 2.75) is 13.3 Å². The van der Waals surface area contributed by atoms with Gasteiger partial charge in [0.15, 0.2) is 0 Å². The first-order chi connectivity index (χ1) is 7.75. The van der Waals surface area contributed by atoms with Crippen molar-refractivity contribution in [3.05, 3.63) is 29.3 Å². The molecule has 16 heavy (non-hydrogen) atoms. The fraction of sp³-hybridized carbons (Fsp3) is 0.538. The van der Waals surface area contributed by atoms with Gasteiger partial charge in [-0.05, 0) is 49.7 Å². The predicted molar refractivity (Wildman–Crippen MR) is 70.3 cm³/mol. The SMILES string of the molecule is CC1CNCCCN(c2ccc(Cl)cc2)C1. The zero-order chi connectivity index (χ0) is 11.4. The molecule has 0 amide bonds. The summed E-state index contributed by atoms with van der Waals surface area (Å²) in [4.78, 5) is 2.46. The Balaban J connectivity index is 2.08. The van der Waals surface area contributed by atoms with E-state index in [2.05, 4.69) is 29.3 Å². The van der Waals surface area contributed by atoms with Crippen molar-refractivity contribution in [1.82, 2.24) is 5.32 Å². The van der Waals surface area contributed by atoms with Crippen LogP contribution in [0.1, 0.15) is 13.3 Å². The van der Waals surface area contributed by atoms with Gasteiger partial charge >= 0.3 is 0 Å². The number of nitrogens with one attached hydrogen (secondary N) is 1. The Morgan fingerprint density at radius 2 is 2.06 bits per heavy atom. The molecule has 0 saturated carbocycles. The highest BCUT2D eigenvalue weighted by Gasteiger charge is 2.13. The first kappa shape index (κ1) is 11.7. The number of anilines is 1. The summed E-state index contributed by atoms with van der Waals surface area (Å²) in [5.41, 5.74) is 1.29. The lowest BCUT2D eigenvalue weighted by Gasteiger charge is -2.30. The fourth-order valence-corrected chi connectivity index (χ4v) is 2.29. The van der Waals surface area contributed by atoms with E-state index in [0.29, 0.717) is 5.92 Å². The van der Waals surface area contributed by atoms with E-state index in [4.69, 9.17) is 11.6 Å². The highest BCUT2D eigenvalue weighted by Crippen LogP contribution is 2.19. The van der Waals surface area contributed by atoms with Crippen LogP contribution in [-0.2, 0) is 0 Å². The highest BCUT2D eigenvalue weighted by molar-refractivity contribution is 6.30. The van der Waals surface area contributed by atoms with E-state index in [0.717, 1.165) is 31.2 Å². The fourth-order valence-electron chi connectivity index (χ4n) is 2.16. The molecule has 88 valence electrons. The third kappa shape index (κ3) is 3.13. The molecular formula is C13H19ClN2.